The number of benzene rings is 1. The number of nitrogens with zero attached hydrogens (tertiary/aromatic N) is 1. The summed E-state index contributed by atoms with van der Waals surface area (Å²) in [5, 5.41) is 2.47. The van der Waals surface area contributed by atoms with Gasteiger partial charge in [0.1, 0.15) is 17.1 Å². The van der Waals surface area contributed by atoms with Crippen LogP contribution in [0.3, 0.4) is 0 Å². The van der Waals surface area contributed by atoms with Crippen molar-refractivity contribution in [2.45, 2.75) is 44.8 Å². The van der Waals surface area contributed by atoms with Crippen molar-refractivity contribution < 1.29 is 27.9 Å². The van der Waals surface area contributed by atoms with Gasteiger partial charge < -0.3 is 15.8 Å². The van der Waals surface area contributed by atoms with Crippen LogP contribution in [-0.2, 0) is 20.2 Å². The van der Waals surface area contributed by atoms with Crippen LogP contribution in [0.1, 0.15) is 32.8 Å². The Kier molecular flexibility index (Phi) is 4.16. The maximum atomic E-state index is 15.4. The number of hydrogen-bond donors (Lipinski definition) is 2. The Labute approximate surface area is 154 Å². The van der Waals surface area contributed by atoms with Gasteiger partial charge in [-0.25, -0.2) is 4.79 Å². The highest BCUT2D eigenvalue weighted by Gasteiger charge is 2.69. The first-order valence-corrected chi connectivity index (χ1v) is 8.47. The number of fused-ring (bicyclic) bond motifs is 1. The fraction of sp³-hybridized carbons (Fsp3) is 0.500. The van der Waals surface area contributed by atoms with E-state index in [1.54, 1.807) is 20.8 Å². The Balaban J connectivity index is 2.05. The molecule has 0 aromatic heterocycles. The van der Waals surface area contributed by atoms with Crippen LogP contribution in [0.4, 0.5) is 19.3 Å². The molecule has 27 heavy (non-hydrogen) atoms. The highest BCUT2D eigenvalue weighted by atomic mass is 19.3. The predicted molar refractivity (Wildman–Crippen MR) is 91.9 cm³/mol. The number of hydrogen-bond acceptors (Lipinski definition) is 4. The number of primary amides is 1. The molecule has 1 aromatic rings. The molecule has 0 unspecified atom stereocenters. The number of nitrogens with one attached hydrogen (secondary N) is 1. The summed E-state index contributed by atoms with van der Waals surface area (Å²) in [4.78, 5) is 37.9. The third-order valence-corrected chi connectivity index (χ3v) is 4.86. The van der Waals surface area contributed by atoms with Gasteiger partial charge in [-0.1, -0.05) is 18.2 Å². The normalized spacial score (nSPS) is 26.5. The summed E-state index contributed by atoms with van der Waals surface area (Å²) in [6.07, 6.45) is -1.56. The molecule has 146 valence electrons. The van der Waals surface area contributed by atoms with E-state index >= 15 is 8.78 Å². The van der Waals surface area contributed by atoms with Crippen molar-refractivity contribution in [3.63, 3.8) is 0 Å². The number of anilines is 1. The van der Waals surface area contributed by atoms with E-state index in [1.165, 1.54) is 24.3 Å². The highest BCUT2D eigenvalue weighted by Crippen LogP contribution is 2.57. The number of ether oxygens (including phenoxy) is 1. The van der Waals surface area contributed by atoms with E-state index in [4.69, 9.17) is 10.5 Å². The minimum atomic E-state index is -3.60. The molecule has 0 bridgehead atoms. The lowest BCUT2D eigenvalue weighted by molar-refractivity contribution is -0.160. The molecule has 0 radical (unpaired) electrons. The molecular weight excluding hydrogens is 360 g/mol. The molecule has 3 N–H and O–H groups in total. The van der Waals surface area contributed by atoms with Gasteiger partial charge >= 0.3 is 6.09 Å². The van der Waals surface area contributed by atoms with Gasteiger partial charge in [0.05, 0.1) is 0 Å². The van der Waals surface area contributed by atoms with Crippen molar-refractivity contribution in [3.05, 3.63) is 29.8 Å². The van der Waals surface area contributed by atoms with Crippen LogP contribution in [0.5, 0.6) is 0 Å². The molecule has 1 fully saturated rings. The van der Waals surface area contributed by atoms with Gasteiger partial charge in [0, 0.05) is 17.8 Å². The Hall–Kier alpha value is -2.71. The summed E-state index contributed by atoms with van der Waals surface area (Å²) in [7, 11) is 0. The van der Waals surface area contributed by atoms with Crippen LogP contribution >= 0.6 is 0 Å². The topological polar surface area (TPSA) is 102 Å². The van der Waals surface area contributed by atoms with Gasteiger partial charge in [-0.2, -0.15) is 8.78 Å². The maximum Gasteiger partial charge on any atom is 0.411 e. The molecule has 0 aliphatic carbocycles. The van der Waals surface area contributed by atoms with E-state index in [1.807, 2.05) is 0 Å². The number of carbonyl (C=O) groups excluding carboxylic acids is 3. The number of amides is 3. The number of para-hydroxylation sites is 1. The Morgan fingerprint density at radius 3 is 2.52 bits per heavy atom. The second kappa shape index (κ2) is 5.90. The second-order valence-electron chi connectivity index (χ2n) is 7.89. The van der Waals surface area contributed by atoms with E-state index in [0.29, 0.717) is 0 Å². The minimum absolute atomic E-state index is 0.00414. The highest BCUT2D eigenvalue weighted by molar-refractivity contribution is 6.01. The first-order valence-electron chi connectivity index (χ1n) is 8.47. The van der Waals surface area contributed by atoms with E-state index in [9.17, 15) is 14.4 Å². The first-order chi connectivity index (χ1) is 12.4. The molecule has 2 aliphatic rings. The number of carbonyl (C=O) groups is 3. The number of likely N-dealkylation sites (tertiary alicyclic amines) is 1. The summed E-state index contributed by atoms with van der Waals surface area (Å²) in [5.41, 5.74) is 1.77. The summed E-state index contributed by atoms with van der Waals surface area (Å²) >= 11 is 0. The molecule has 3 rings (SSSR count). The zero-order chi connectivity index (χ0) is 20.2. The van der Waals surface area contributed by atoms with Crippen LogP contribution in [-0.4, -0.2) is 41.0 Å². The largest absolute Gasteiger partial charge is 0.444 e. The average molecular weight is 381 g/mol. The second-order valence-corrected chi connectivity index (χ2v) is 7.89. The monoisotopic (exact) mass is 381 g/mol. The van der Waals surface area contributed by atoms with E-state index < -0.39 is 53.9 Å². The van der Waals surface area contributed by atoms with Crippen molar-refractivity contribution >= 4 is 23.6 Å². The molecule has 2 atom stereocenters. The lowest BCUT2D eigenvalue weighted by atomic mass is 9.72. The fourth-order valence-corrected chi connectivity index (χ4v) is 3.57. The molecule has 2 aliphatic heterocycles. The van der Waals surface area contributed by atoms with E-state index in [2.05, 4.69) is 5.32 Å². The Morgan fingerprint density at radius 2 is 1.93 bits per heavy atom. The van der Waals surface area contributed by atoms with Crippen LogP contribution in [0.25, 0.3) is 0 Å². The molecule has 3 amide bonds. The molecule has 0 saturated carbocycles. The molecule has 9 heteroatoms. The van der Waals surface area contributed by atoms with E-state index in [-0.39, 0.29) is 11.3 Å². The lowest BCUT2D eigenvalue weighted by Gasteiger charge is -2.40. The number of rotatable bonds is 1. The van der Waals surface area contributed by atoms with Crippen molar-refractivity contribution in [2.75, 3.05) is 11.9 Å². The van der Waals surface area contributed by atoms with Crippen LogP contribution < -0.4 is 11.1 Å². The quantitative estimate of drug-likeness (QED) is 0.779. The SMILES string of the molecule is CC(C)(C)OC(=O)N1C[C@]2(C[C@H]1C(N)=O)C(=O)Nc1ccccc1C2(F)F. The standard InChI is InChI=1S/C18H21F2N3O4/c1-16(2,3)27-15(26)23-9-17(8-12(23)13(21)24)14(25)22-11-7-5-4-6-10(11)18(17,19)20/h4-7,12H,8-9H2,1-3H3,(H2,21,24)(H,22,25)/t12-,17+/m0/s1. The zero-order valence-electron chi connectivity index (χ0n) is 15.2. The summed E-state index contributed by atoms with van der Waals surface area (Å²) in [6, 6.07) is 4.18. The van der Waals surface area contributed by atoms with Crippen molar-refractivity contribution in [2.24, 2.45) is 11.1 Å². The third-order valence-electron chi connectivity index (χ3n) is 4.86. The van der Waals surface area contributed by atoms with Gasteiger partial charge in [0.15, 0.2) is 0 Å². The van der Waals surface area contributed by atoms with Gasteiger partial charge in [-0.3, -0.25) is 14.5 Å². The smallest absolute Gasteiger partial charge is 0.411 e. The fourth-order valence-electron chi connectivity index (χ4n) is 3.57. The first kappa shape index (κ1) is 19.1. The summed E-state index contributed by atoms with van der Waals surface area (Å²) in [5.74, 6) is -5.53. The molecule has 1 aromatic carbocycles. The summed E-state index contributed by atoms with van der Waals surface area (Å²) in [6.45, 7) is 4.14. The minimum Gasteiger partial charge on any atom is -0.444 e. The van der Waals surface area contributed by atoms with Crippen LogP contribution in [0, 0.1) is 5.41 Å². The van der Waals surface area contributed by atoms with E-state index in [0.717, 1.165) is 4.90 Å². The molecular formula is C18H21F2N3O4. The maximum absolute atomic E-state index is 15.4. The van der Waals surface area contributed by atoms with Gasteiger partial charge in [0.2, 0.25) is 11.8 Å². The lowest BCUT2D eigenvalue weighted by Crippen LogP contribution is -2.54. The van der Waals surface area contributed by atoms with Crippen molar-refractivity contribution in [3.8, 4) is 0 Å². The number of nitrogens with two attached hydrogens (primary N) is 1. The van der Waals surface area contributed by atoms with Crippen molar-refractivity contribution in [1.29, 1.82) is 0 Å². The summed E-state index contributed by atoms with van der Waals surface area (Å²) < 4.78 is 36.1. The Bertz CT molecular complexity index is 821. The van der Waals surface area contributed by atoms with Gasteiger partial charge in [-0.15, -0.1) is 0 Å². The number of halogens is 2. The molecule has 1 saturated heterocycles. The molecule has 1 spiro atoms. The average Bonchev–Trinajstić information content (AvgIpc) is 2.95. The number of alkyl halides is 2. The third kappa shape index (κ3) is 2.90. The molecule has 2 heterocycles. The predicted octanol–water partition coefficient (Wildman–Crippen LogP) is 2.21. The van der Waals surface area contributed by atoms with Crippen LogP contribution in [0.2, 0.25) is 0 Å². The van der Waals surface area contributed by atoms with Gasteiger partial charge in [-0.05, 0) is 33.3 Å². The zero-order valence-corrected chi connectivity index (χ0v) is 15.2. The van der Waals surface area contributed by atoms with Crippen LogP contribution in [0.15, 0.2) is 24.3 Å². The Morgan fingerprint density at radius 1 is 1.30 bits per heavy atom. The van der Waals surface area contributed by atoms with Crippen molar-refractivity contribution in [1.82, 2.24) is 4.90 Å². The van der Waals surface area contributed by atoms with Gasteiger partial charge in [0.25, 0.3) is 5.92 Å². The molecule has 7 nitrogen and oxygen atoms in total.